The monoisotopic (exact) mass is 211 g/mol. The van der Waals surface area contributed by atoms with E-state index in [1.165, 1.54) is 24.3 Å². The van der Waals surface area contributed by atoms with Crippen molar-refractivity contribution in [3.63, 3.8) is 0 Å². The molecule has 78 valence electrons. The molecule has 0 saturated heterocycles. The molecule has 0 bridgehead atoms. The molecular formula is C10H17N3S. The molecule has 4 heteroatoms. The van der Waals surface area contributed by atoms with Crippen molar-refractivity contribution < 1.29 is 0 Å². The molecule has 14 heavy (non-hydrogen) atoms. The van der Waals surface area contributed by atoms with Crippen LogP contribution >= 0.6 is 11.3 Å². The summed E-state index contributed by atoms with van der Waals surface area (Å²) in [6, 6.07) is 0.390. The van der Waals surface area contributed by atoms with Crippen LogP contribution in [0, 0.1) is 0 Å². The Morgan fingerprint density at radius 2 is 2.29 bits per heavy atom. The van der Waals surface area contributed by atoms with E-state index < -0.39 is 0 Å². The van der Waals surface area contributed by atoms with Gasteiger partial charge in [-0.25, -0.2) is 0 Å². The van der Waals surface area contributed by atoms with E-state index in [0.717, 1.165) is 17.3 Å². The number of rotatable bonds is 4. The Kier molecular flexibility index (Phi) is 3.13. The van der Waals surface area contributed by atoms with Crippen LogP contribution in [0.2, 0.25) is 0 Å². The number of nitrogens with zero attached hydrogens (tertiary/aromatic N) is 2. The molecule has 1 unspecified atom stereocenters. The predicted molar refractivity (Wildman–Crippen MR) is 58.6 cm³/mol. The molecule has 1 heterocycles. The second-order valence-electron chi connectivity index (χ2n) is 3.86. The average molecular weight is 211 g/mol. The highest BCUT2D eigenvalue weighted by Gasteiger charge is 2.24. The van der Waals surface area contributed by atoms with E-state index in [0.29, 0.717) is 6.04 Å². The minimum Gasteiger partial charge on any atom is -0.311 e. The van der Waals surface area contributed by atoms with E-state index in [4.69, 9.17) is 0 Å². The molecule has 1 aromatic rings. The fourth-order valence-electron chi connectivity index (χ4n) is 1.71. The van der Waals surface area contributed by atoms with Crippen LogP contribution < -0.4 is 5.32 Å². The van der Waals surface area contributed by atoms with Gasteiger partial charge in [0, 0.05) is 5.92 Å². The van der Waals surface area contributed by atoms with Gasteiger partial charge < -0.3 is 5.32 Å². The summed E-state index contributed by atoms with van der Waals surface area (Å²) in [5.41, 5.74) is 0. The van der Waals surface area contributed by atoms with Crippen LogP contribution in [0.3, 0.4) is 0 Å². The van der Waals surface area contributed by atoms with Crippen LogP contribution in [-0.4, -0.2) is 17.2 Å². The van der Waals surface area contributed by atoms with Gasteiger partial charge >= 0.3 is 0 Å². The summed E-state index contributed by atoms with van der Waals surface area (Å²) in [6.07, 6.45) is 5.06. The Balaban J connectivity index is 2.07. The third kappa shape index (κ3) is 1.81. The fraction of sp³-hybridized carbons (Fsp3) is 0.800. The second-order valence-corrected chi connectivity index (χ2v) is 4.90. The van der Waals surface area contributed by atoms with Crippen LogP contribution in [0.5, 0.6) is 0 Å². The lowest BCUT2D eigenvalue weighted by atomic mass is 9.86. The van der Waals surface area contributed by atoms with Gasteiger partial charge in [0.2, 0.25) is 0 Å². The summed E-state index contributed by atoms with van der Waals surface area (Å²) < 4.78 is 0. The SMILES string of the molecule is CCC(NC)c1nnc(C2CCC2)s1. The van der Waals surface area contributed by atoms with Gasteiger partial charge in [-0.05, 0) is 26.3 Å². The minimum atomic E-state index is 0.390. The predicted octanol–water partition coefficient (Wildman–Crippen LogP) is 2.48. The smallest absolute Gasteiger partial charge is 0.134 e. The first-order chi connectivity index (χ1) is 6.85. The second kappa shape index (κ2) is 4.36. The number of nitrogens with one attached hydrogen (secondary N) is 1. The first-order valence-corrected chi connectivity index (χ1v) is 6.17. The molecule has 3 nitrogen and oxygen atoms in total. The van der Waals surface area contributed by atoms with Crippen LogP contribution in [-0.2, 0) is 0 Å². The average Bonchev–Trinajstić information content (AvgIpc) is 2.53. The maximum absolute atomic E-state index is 4.28. The van der Waals surface area contributed by atoms with Gasteiger partial charge in [-0.2, -0.15) is 0 Å². The van der Waals surface area contributed by atoms with Crippen molar-refractivity contribution in [2.24, 2.45) is 0 Å². The van der Waals surface area contributed by atoms with Crippen molar-refractivity contribution in [3.8, 4) is 0 Å². The molecule has 1 aliphatic rings. The maximum atomic E-state index is 4.28. The summed E-state index contributed by atoms with van der Waals surface area (Å²) in [4.78, 5) is 0. The van der Waals surface area contributed by atoms with E-state index >= 15 is 0 Å². The van der Waals surface area contributed by atoms with Crippen LogP contribution in [0.15, 0.2) is 0 Å². The molecular weight excluding hydrogens is 194 g/mol. The molecule has 1 saturated carbocycles. The van der Waals surface area contributed by atoms with E-state index in [1.807, 2.05) is 7.05 Å². The first kappa shape index (κ1) is 10.1. The fourth-order valence-corrected chi connectivity index (χ4v) is 2.92. The lowest BCUT2D eigenvalue weighted by Gasteiger charge is -2.21. The molecule has 1 fully saturated rings. The number of hydrogen-bond donors (Lipinski definition) is 1. The van der Waals surface area contributed by atoms with Crippen molar-refractivity contribution in [2.45, 2.75) is 44.6 Å². The van der Waals surface area contributed by atoms with Gasteiger partial charge in [0.25, 0.3) is 0 Å². The van der Waals surface area contributed by atoms with Gasteiger partial charge in [-0.15, -0.1) is 10.2 Å². The molecule has 0 aromatic carbocycles. The maximum Gasteiger partial charge on any atom is 0.134 e. The first-order valence-electron chi connectivity index (χ1n) is 5.35. The zero-order valence-electron chi connectivity index (χ0n) is 8.79. The Labute approximate surface area is 88.9 Å². The quantitative estimate of drug-likeness (QED) is 0.831. The zero-order valence-corrected chi connectivity index (χ0v) is 9.60. The molecule has 0 spiro atoms. The molecule has 1 aromatic heterocycles. The van der Waals surface area contributed by atoms with E-state index in [1.54, 1.807) is 11.3 Å². The van der Waals surface area contributed by atoms with Crippen molar-refractivity contribution in [1.29, 1.82) is 0 Å². The lowest BCUT2D eigenvalue weighted by Crippen LogP contribution is -2.14. The highest BCUT2D eigenvalue weighted by Crippen LogP contribution is 2.38. The normalized spacial score (nSPS) is 19.3. The molecule has 1 atom stereocenters. The minimum absolute atomic E-state index is 0.390. The molecule has 2 rings (SSSR count). The lowest BCUT2D eigenvalue weighted by molar-refractivity contribution is 0.416. The van der Waals surface area contributed by atoms with E-state index in [2.05, 4.69) is 22.4 Å². The summed E-state index contributed by atoms with van der Waals surface area (Å²) in [5.74, 6) is 0.718. The van der Waals surface area contributed by atoms with Crippen LogP contribution in [0.4, 0.5) is 0 Å². The largest absolute Gasteiger partial charge is 0.311 e. The van der Waals surface area contributed by atoms with Gasteiger partial charge in [0.1, 0.15) is 10.0 Å². The van der Waals surface area contributed by atoms with Crippen molar-refractivity contribution >= 4 is 11.3 Å². The molecule has 1 N–H and O–H groups in total. The Morgan fingerprint density at radius 3 is 2.79 bits per heavy atom. The molecule has 0 radical (unpaired) electrons. The summed E-state index contributed by atoms with van der Waals surface area (Å²) in [6.45, 7) is 2.17. The van der Waals surface area contributed by atoms with Crippen LogP contribution in [0.25, 0.3) is 0 Å². The summed E-state index contributed by atoms with van der Waals surface area (Å²) in [5, 5.41) is 14.2. The third-order valence-corrected chi connectivity index (χ3v) is 4.16. The highest BCUT2D eigenvalue weighted by molar-refractivity contribution is 7.11. The summed E-state index contributed by atoms with van der Waals surface area (Å²) in [7, 11) is 1.98. The Morgan fingerprint density at radius 1 is 1.50 bits per heavy atom. The summed E-state index contributed by atoms with van der Waals surface area (Å²) >= 11 is 1.79. The Hall–Kier alpha value is -0.480. The standard InChI is InChI=1S/C10H17N3S/c1-3-8(11-2)10-13-12-9(14-10)7-5-4-6-7/h7-8,11H,3-6H2,1-2H3. The van der Waals surface area contributed by atoms with E-state index in [9.17, 15) is 0 Å². The highest BCUT2D eigenvalue weighted by atomic mass is 32.1. The number of aromatic nitrogens is 2. The number of hydrogen-bond acceptors (Lipinski definition) is 4. The Bertz CT molecular complexity index is 289. The van der Waals surface area contributed by atoms with Crippen molar-refractivity contribution in [2.75, 3.05) is 7.05 Å². The molecule has 0 amide bonds. The molecule has 0 aliphatic heterocycles. The topological polar surface area (TPSA) is 37.8 Å². The van der Waals surface area contributed by atoms with E-state index in [-0.39, 0.29) is 0 Å². The zero-order chi connectivity index (χ0) is 9.97. The van der Waals surface area contributed by atoms with Gasteiger partial charge in [0.15, 0.2) is 0 Å². The van der Waals surface area contributed by atoms with Crippen LogP contribution in [0.1, 0.15) is 54.6 Å². The van der Waals surface area contributed by atoms with Gasteiger partial charge in [-0.3, -0.25) is 0 Å². The van der Waals surface area contributed by atoms with Crippen molar-refractivity contribution in [1.82, 2.24) is 15.5 Å². The van der Waals surface area contributed by atoms with Gasteiger partial charge in [0.05, 0.1) is 6.04 Å². The third-order valence-electron chi connectivity index (χ3n) is 2.97. The van der Waals surface area contributed by atoms with Gasteiger partial charge in [-0.1, -0.05) is 24.7 Å². The molecule has 1 aliphatic carbocycles. The van der Waals surface area contributed by atoms with Crippen molar-refractivity contribution in [3.05, 3.63) is 10.0 Å².